The molecule has 1 atom stereocenters. The van der Waals surface area contributed by atoms with Crippen molar-refractivity contribution in [2.75, 3.05) is 24.7 Å². The number of carboxylic acid groups (broad SMARTS) is 1. The number of nitrogens with zero attached hydrogens (tertiary/aromatic N) is 1. The first-order chi connectivity index (χ1) is 7.52. The van der Waals surface area contributed by atoms with Crippen molar-refractivity contribution >= 4 is 29.7 Å². The number of ether oxygens (including phenoxy) is 1. The molecule has 0 aromatic carbocycles. The van der Waals surface area contributed by atoms with Crippen molar-refractivity contribution in [1.29, 1.82) is 0 Å². The summed E-state index contributed by atoms with van der Waals surface area (Å²) >= 11 is 1.08. The van der Waals surface area contributed by atoms with Crippen molar-refractivity contribution in [2.24, 2.45) is 5.73 Å². The molecule has 1 aliphatic rings. The molecular weight excluding hydrogens is 236 g/mol. The SMILES string of the molecule is N[C@@H](CSCC(=O)N1CCOC1=O)C(=O)O. The van der Waals surface area contributed by atoms with Crippen molar-refractivity contribution < 1.29 is 24.2 Å². The van der Waals surface area contributed by atoms with Crippen LogP contribution in [0, 0.1) is 0 Å². The van der Waals surface area contributed by atoms with Crippen LogP contribution in [0.4, 0.5) is 4.79 Å². The Morgan fingerprint density at radius 2 is 2.31 bits per heavy atom. The van der Waals surface area contributed by atoms with Crippen LogP contribution in [-0.2, 0) is 14.3 Å². The Bertz CT molecular complexity index is 309. The van der Waals surface area contributed by atoms with Crippen molar-refractivity contribution in [3.63, 3.8) is 0 Å². The highest BCUT2D eigenvalue weighted by Crippen LogP contribution is 2.09. The van der Waals surface area contributed by atoms with Crippen molar-refractivity contribution in [3.8, 4) is 0 Å². The molecule has 2 amide bonds. The zero-order valence-corrected chi connectivity index (χ0v) is 9.24. The Labute approximate surface area is 95.9 Å². The molecule has 0 aromatic rings. The molecule has 8 heteroatoms. The first-order valence-electron chi connectivity index (χ1n) is 4.55. The van der Waals surface area contributed by atoms with Crippen molar-refractivity contribution in [3.05, 3.63) is 0 Å². The largest absolute Gasteiger partial charge is 0.480 e. The Morgan fingerprint density at radius 3 is 2.81 bits per heavy atom. The highest BCUT2D eigenvalue weighted by molar-refractivity contribution is 8.00. The minimum Gasteiger partial charge on any atom is -0.480 e. The van der Waals surface area contributed by atoms with Gasteiger partial charge in [-0.1, -0.05) is 0 Å². The molecule has 16 heavy (non-hydrogen) atoms. The van der Waals surface area contributed by atoms with Crippen LogP contribution in [0.15, 0.2) is 0 Å². The van der Waals surface area contributed by atoms with Gasteiger partial charge in [0.25, 0.3) is 0 Å². The fraction of sp³-hybridized carbons (Fsp3) is 0.625. The number of imide groups is 1. The van der Waals surface area contributed by atoms with E-state index in [1.807, 2.05) is 0 Å². The van der Waals surface area contributed by atoms with Gasteiger partial charge in [-0.15, -0.1) is 11.8 Å². The van der Waals surface area contributed by atoms with E-state index >= 15 is 0 Å². The Balaban J connectivity index is 2.25. The molecule has 1 fully saturated rings. The van der Waals surface area contributed by atoms with E-state index < -0.39 is 18.1 Å². The zero-order chi connectivity index (χ0) is 12.1. The summed E-state index contributed by atoms with van der Waals surface area (Å²) < 4.78 is 4.59. The van der Waals surface area contributed by atoms with Crippen LogP contribution in [0.2, 0.25) is 0 Å². The molecule has 3 N–H and O–H groups in total. The molecule has 0 saturated carbocycles. The number of cyclic esters (lactones) is 1. The molecule has 90 valence electrons. The second-order valence-corrected chi connectivity index (χ2v) is 4.15. The van der Waals surface area contributed by atoms with Crippen LogP contribution in [0.3, 0.4) is 0 Å². The van der Waals surface area contributed by atoms with Gasteiger partial charge in [0.1, 0.15) is 12.6 Å². The second kappa shape index (κ2) is 5.71. The number of carboxylic acids is 1. The lowest BCUT2D eigenvalue weighted by Gasteiger charge is -2.10. The number of amides is 2. The van der Waals surface area contributed by atoms with Gasteiger partial charge in [-0.05, 0) is 0 Å². The van der Waals surface area contributed by atoms with Gasteiger partial charge in [0.15, 0.2) is 0 Å². The van der Waals surface area contributed by atoms with Gasteiger partial charge in [0.05, 0.1) is 12.3 Å². The summed E-state index contributed by atoms with van der Waals surface area (Å²) in [6.45, 7) is 0.465. The molecule has 1 aliphatic heterocycles. The first-order valence-corrected chi connectivity index (χ1v) is 5.71. The number of hydrogen-bond donors (Lipinski definition) is 2. The standard InChI is InChI=1S/C8H12N2O5S/c9-5(7(12)13)3-16-4-6(11)10-1-2-15-8(10)14/h5H,1-4,9H2,(H,12,13)/t5-/m0/s1. The summed E-state index contributed by atoms with van der Waals surface area (Å²) in [4.78, 5) is 33.8. The third-order valence-electron chi connectivity index (χ3n) is 1.90. The van der Waals surface area contributed by atoms with Crippen LogP contribution >= 0.6 is 11.8 Å². The van der Waals surface area contributed by atoms with E-state index in [1.165, 1.54) is 0 Å². The fourth-order valence-corrected chi connectivity index (χ4v) is 1.89. The number of rotatable bonds is 5. The molecular formula is C8H12N2O5S. The second-order valence-electron chi connectivity index (χ2n) is 3.12. The molecule has 0 aromatic heterocycles. The van der Waals surface area contributed by atoms with Crippen molar-refractivity contribution in [2.45, 2.75) is 6.04 Å². The van der Waals surface area contributed by atoms with Gasteiger partial charge in [-0.3, -0.25) is 9.59 Å². The predicted molar refractivity (Wildman–Crippen MR) is 56.0 cm³/mol. The smallest absolute Gasteiger partial charge is 0.416 e. The first kappa shape index (κ1) is 12.8. The average Bonchev–Trinajstić information content (AvgIpc) is 2.64. The molecule has 0 radical (unpaired) electrons. The van der Waals surface area contributed by atoms with E-state index in [0.29, 0.717) is 0 Å². The monoisotopic (exact) mass is 248 g/mol. The lowest BCUT2D eigenvalue weighted by molar-refractivity contribution is -0.138. The molecule has 0 spiro atoms. The lowest BCUT2D eigenvalue weighted by atomic mass is 10.4. The Hall–Kier alpha value is -1.28. The summed E-state index contributed by atoms with van der Waals surface area (Å²) in [5.74, 6) is -1.34. The van der Waals surface area contributed by atoms with E-state index in [9.17, 15) is 14.4 Å². The van der Waals surface area contributed by atoms with Crippen LogP contribution in [0.25, 0.3) is 0 Å². The highest BCUT2D eigenvalue weighted by atomic mass is 32.2. The minimum atomic E-state index is -1.11. The highest BCUT2D eigenvalue weighted by Gasteiger charge is 2.28. The predicted octanol–water partition coefficient (Wildman–Crippen LogP) is -0.890. The molecule has 0 bridgehead atoms. The molecule has 0 aliphatic carbocycles. The number of carbonyl (C=O) groups excluding carboxylic acids is 2. The van der Waals surface area contributed by atoms with E-state index in [2.05, 4.69) is 4.74 Å². The Morgan fingerprint density at radius 1 is 1.62 bits per heavy atom. The van der Waals surface area contributed by atoms with Gasteiger partial charge < -0.3 is 15.6 Å². The summed E-state index contributed by atoms with van der Waals surface area (Å²) in [7, 11) is 0. The maximum Gasteiger partial charge on any atom is 0.416 e. The van der Waals surface area contributed by atoms with Gasteiger partial charge in [0.2, 0.25) is 5.91 Å². The topological polar surface area (TPSA) is 110 Å². The summed E-state index contributed by atoms with van der Waals surface area (Å²) in [6.07, 6.45) is -0.645. The van der Waals surface area contributed by atoms with Crippen molar-refractivity contribution in [1.82, 2.24) is 4.90 Å². The third kappa shape index (κ3) is 3.38. The maximum absolute atomic E-state index is 11.4. The van der Waals surface area contributed by atoms with E-state index in [1.54, 1.807) is 0 Å². The van der Waals surface area contributed by atoms with Crippen LogP contribution in [-0.4, -0.2) is 58.7 Å². The number of carbonyl (C=O) groups is 3. The maximum atomic E-state index is 11.4. The zero-order valence-electron chi connectivity index (χ0n) is 8.42. The molecule has 1 rings (SSSR count). The molecule has 0 unspecified atom stereocenters. The molecule has 7 nitrogen and oxygen atoms in total. The number of aliphatic carboxylic acids is 1. The quantitative estimate of drug-likeness (QED) is 0.649. The van der Waals surface area contributed by atoms with Gasteiger partial charge in [-0.2, -0.15) is 0 Å². The summed E-state index contributed by atoms with van der Waals surface area (Å²) in [5, 5.41) is 8.49. The number of thioether (sulfide) groups is 1. The van der Waals surface area contributed by atoms with E-state index in [-0.39, 0.29) is 30.6 Å². The normalized spacial score (nSPS) is 17.1. The molecule has 1 heterocycles. The van der Waals surface area contributed by atoms with E-state index in [0.717, 1.165) is 16.7 Å². The average molecular weight is 248 g/mol. The van der Waals surface area contributed by atoms with Gasteiger partial charge in [-0.25, -0.2) is 9.69 Å². The van der Waals surface area contributed by atoms with Gasteiger partial charge in [0, 0.05) is 5.75 Å². The van der Waals surface area contributed by atoms with Gasteiger partial charge >= 0.3 is 12.1 Å². The lowest BCUT2D eigenvalue weighted by Crippen LogP contribution is -2.35. The summed E-state index contributed by atoms with van der Waals surface area (Å²) in [6, 6.07) is -0.997. The van der Waals surface area contributed by atoms with Crippen LogP contribution in [0.5, 0.6) is 0 Å². The third-order valence-corrected chi connectivity index (χ3v) is 2.95. The Kier molecular flexibility index (Phi) is 4.56. The summed E-state index contributed by atoms with van der Waals surface area (Å²) in [5.41, 5.74) is 5.25. The minimum absolute atomic E-state index is 0.0239. The van der Waals surface area contributed by atoms with Crippen LogP contribution in [0.1, 0.15) is 0 Å². The number of nitrogens with two attached hydrogens (primary N) is 1. The fourth-order valence-electron chi connectivity index (χ4n) is 1.04. The molecule has 1 saturated heterocycles. The van der Waals surface area contributed by atoms with Crippen LogP contribution < -0.4 is 5.73 Å². The van der Waals surface area contributed by atoms with E-state index in [4.69, 9.17) is 10.8 Å². The number of hydrogen-bond acceptors (Lipinski definition) is 6.